The maximum absolute atomic E-state index is 13.8. The number of hydrogen-bond acceptors (Lipinski definition) is 3. The average Bonchev–Trinajstić information content (AvgIpc) is 2.43. The summed E-state index contributed by atoms with van der Waals surface area (Å²) in [6.07, 6.45) is 2.69. The van der Waals surface area contributed by atoms with Crippen molar-refractivity contribution in [3.63, 3.8) is 0 Å². The van der Waals surface area contributed by atoms with Gasteiger partial charge >= 0.3 is 5.97 Å². The molecular formula is C15H14ClFN2O2. The number of carboxylic acids is 1. The largest absolute Gasteiger partial charge is 0.478 e. The van der Waals surface area contributed by atoms with E-state index in [4.69, 9.17) is 16.7 Å². The molecule has 0 radical (unpaired) electrons. The first-order valence-corrected chi connectivity index (χ1v) is 6.91. The van der Waals surface area contributed by atoms with Crippen molar-refractivity contribution in [3.05, 3.63) is 57.9 Å². The van der Waals surface area contributed by atoms with Crippen LogP contribution in [-0.4, -0.2) is 21.0 Å². The summed E-state index contributed by atoms with van der Waals surface area (Å²) in [6, 6.07) is 4.44. The van der Waals surface area contributed by atoms with Crippen LogP contribution in [-0.2, 0) is 12.8 Å². The summed E-state index contributed by atoms with van der Waals surface area (Å²) in [7, 11) is 0. The number of rotatable bonds is 5. The van der Waals surface area contributed by atoms with Crippen molar-refractivity contribution < 1.29 is 14.3 Å². The van der Waals surface area contributed by atoms with Crippen molar-refractivity contribution >= 4 is 17.6 Å². The fourth-order valence-corrected chi connectivity index (χ4v) is 2.24. The summed E-state index contributed by atoms with van der Waals surface area (Å²) in [5, 5.41) is 9.40. The predicted octanol–water partition coefficient (Wildman–Crippen LogP) is 3.51. The SMILES string of the molecule is CCCc1nc(Cc2c(F)cccc2Cl)ncc1C(=O)O. The molecular weight excluding hydrogens is 295 g/mol. The summed E-state index contributed by atoms with van der Waals surface area (Å²) in [5.74, 6) is -1.13. The second-order valence-corrected chi connectivity index (χ2v) is 4.99. The Kier molecular flexibility index (Phi) is 4.85. The lowest BCUT2D eigenvalue weighted by atomic mass is 10.1. The molecule has 0 atom stereocenters. The first-order valence-electron chi connectivity index (χ1n) is 6.54. The smallest absolute Gasteiger partial charge is 0.339 e. The first-order chi connectivity index (χ1) is 10.0. The topological polar surface area (TPSA) is 63.1 Å². The van der Waals surface area contributed by atoms with Gasteiger partial charge < -0.3 is 5.11 Å². The number of benzene rings is 1. The summed E-state index contributed by atoms with van der Waals surface area (Å²) >= 11 is 5.97. The zero-order valence-corrected chi connectivity index (χ0v) is 12.2. The van der Waals surface area contributed by atoms with E-state index in [1.54, 1.807) is 6.07 Å². The van der Waals surface area contributed by atoms with E-state index in [-0.39, 0.29) is 12.0 Å². The quantitative estimate of drug-likeness (QED) is 0.918. The van der Waals surface area contributed by atoms with Crippen LogP contribution in [0, 0.1) is 5.82 Å². The molecule has 0 saturated carbocycles. The predicted molar refractivity (Wildman–Crippen MR) is 77.2 cm³/mol. The van der Waals surface area contributed by atoms with Crippen LogP contribution in [0.15, 0.2) is 24.4 Å². The number of carbonyl (C=O) groups is 1. The molecule has 0 fully saturated rings. The summed E-state index contributed by atoms with van der Waals surface area (Å²) < 4.78 is 13.8. The summed E-state index contributed by atoms with van der Waals surface area (Å²) in [6.45, 7) is 1.93. The zero-order chi connectivity index (χ0) is 15.4. The number of aryl methyl sites for hydroxylation is 1. The number of aromatic nitrogens is 2. The average molecular weight is 309 g/mol. The maximum atomic E-state index is 13.8. The molecule has 110 valence electrons. The first kappa shape index (κ1) is 15.4. The van der Waals surface area contributed by atoms with Crippen LogP contribution >= 0.6 is 11.6 Å². The van der Waals surface area contributed by atoms with E-state index in [2.05, 4.69) is 9.97 Å². The molecule has 0 spiro atoms. The fraction of sp³-hybridized carbons (Fsp3) is 0.267. The van der Waals surface area contributed by atoms with Gasteiger partial charge in [0.1, 0.15) is 11.6 Å². The second-order valence-electron chi connectivity index (χ2n) is 4.58. The lowest BCUT2D eigenvalue weighted by Crippen LogP contribution is -2.10. The van der Waals surface area contributed by atoms with Crippen LogP contribution in [0.4, 0.5) is 4.39 Å². The van der Waals surface area contributed by atoms with Crippen molar-refractivity contribution in [1.29, 1.82) is 0 Å². The number of nitrogens with zero attached hydrogens (tertiary/aromatic N) is 2. The molecule has 21 heavy (non-hydrogen) atoms. The Morgan fingerprint density at radius 3 is 2.81 bits per heavy atom. The number of aromatic carboxylic acids is 1. The van der Waals surface area contributed by atoms with Gasteiger partial charge in [0.2, 0.25) is 0 Å². The molecule has 0 amide bonds. The molecule has 6 heteroatoms. The molecule has 1 heterocycles. The van der Waals surface area contributed by atoms with Crippen LogP contribution in [0.1, 0.15) is 40.8 Å². The molecule has 0 aliphatic rings. The van der Waals surface area contributed by atoms with Gasteiger partial charge in [-0.25, -0.2) is 19.2 Å². The lowest BCUT2D eigenvalue weighted by molar-refractivity contribution is 0.0694. The van der Waals surface area contributed by atoms with E-state index >= 15 is 0 Å². The third-order valence-electron chi connectivity index (χ3n) is 3.03. The molecule has 0 aliphatic carbocycles. The van der Waals surface area contributed by atoms with E-state index in [9.17, 15) is 9.18 Å². The van der Waals surface area contributed by atoms with Crippen molar-refractivity contribution in [2.45, 2.75) is 26.2 Å². The van der Waals surface area contributed by atoms with E-state index in [0.29, 0.717) is 28.5 Å². The van der Waals surface area contributed by atoms with Crippen molar-refractivity contribution in [2.24, 2.45) is 0 Å². The van der Waals surface area contributed by atoms with Crippen LogP contribution in [0.2, 0.25) is 5.02 Å². The molecule has 1 aromatic heterocycles. The molecule has 1 N–H and O–H groups in total. The lowest BCUT2D eigenvalue weighted by Gasteiger charge is -2.08. The minimum absolute atomic E-state index is 0.0835. The molecule has 1 aromatic carbocycles. The van der Waals surface area contributed by atoms with E-state index in [1.807, 2.05) is 6.92 Å². The third kappa shape index (κ3) is 3.55. The molecule has 4 nitrogen and oxygen atoms in total. The molecule has 0 bridgehead atoms. The van der Waals surface area contributed by atoms with Crippen LogP contribution in [0.25, 0.3) is 0 Å². The maximum Gasteiger partial charge on any atom is 0.339 e. The molecule has 0 saturated heterocycles. The van der Waals surface area contributed by atoms with Crippen molar-refractivity contribution in [1.82, 2.24) is 9.97 Å². The number of halogens is 2. The summed E-state index contributed by atoms with van der Waals surface area (Å²) in [4.78, 5) is 19.4. The highest BCUT2D eigenvalue weighted by molar-refractivity contribution is 6.31. The summed E-state index contributed by atoms with van der Waals surface area (Å²) in [5.41, 5.74) is 0.854. The van der Waals surface area contributed by atoms with Crippen LogP contribution in [0.5, 0.6) is 0 Å². The molecule has 0 aliphatic heterocycles. The highest BCUT2D eigenvalue weighted by atomic mass is 35.5. The highest BCUT2D eigenvalue weighted by Crippen LogP contribution is 2.21. The van der Waals surface area contributed by atoms with Gasteiger partial charge in [-0.2, -0.15) is 0 Å². The molecule has 2 aromatic rings. The van der Waals surface area contributed by atoms with Gasteiger partial charge in [-0.3, -0.25) is 0 Å². The van der Waals surface area contributed by atoms with Crippen molar-refractivity contribution in [3.8, 4) is 0 Å². The van der Waals surface area contributed by atoms with Gasteiger partial charge in [0.15, 0.2) is 0 Å². The van der Waals surface area contributed by atoms with E-state index in [1.165, 1.54) is 18.3 Å². The molecule has 0 unspecified atom stereocenters. The zero-order valence-electron chi connectivity index (χ0n) is 11.4. The standard InChI is InChI=1S/C15H14ClFN2O2/c1-2-4-13-10(15(20)21)8-18-14(19-13)7-9-11(16)5-3-6-12(9)17/h3,5-6,8H,2,4,7H2,1H3,(H,20,21). The van der Waals surface area contributed by atoms with E-state index in [0.717, 1.165) is 6.42 Å². The minimum Gasteiger partial charge on any atom is -0.478 e. The Bertz CT molecular complexity index is 656. The van der Waals surface area contributed by atoms with Gasteiger partial charge in [0.05, 0.1) is 11.3 Å². The molecule has 2 rings (SSSR count). The minimum atomic E-state index is -1.06. The van der Waals surface area contributed by atoms with Gasteiger partial charge in [-0.15, -0.1) is 0 Å². The van der Waals surface area contributed by atoms with Gasteiger partial charge in [-0.05, 0) is 18.6 Å². The highest BCUT2D eigenvalue weighted by Gasteiger charge is 2.15. The van der Waals surface area contributed by atoms with Crippen molar-refractivity contribution in [2.75, 3.05) is 0 Å². The Morgan fingerprint density at radius 1 is 1.43 bits per heavy atom. The third-order valence-corrected chi connectivity index (χ3v) is 3.39. The number of hydrogen-bond donors (Lipinski definition) is 1. The van der Waals surface area contributed by atoms with Gasteiger partial charge in [-0.1, -0.05) is 31.0 Å². The van der Waals surface area contributed by atoms with Gasteiger partial charge in [0, 0.05) is 23.2 Å². The van der Waals surface area contributed by atoms with Crippen LogP contribution in [0.3, 0.4) is 0 Å². The van der Waals surface area contributed by atoms with Crippen LogP contribution < -0.4 is 0 Å². The Hall–Kier alpha value is -2.01. The Morgan fingerprint density at radius 2 is 2.19 bits per heavy atom. The normalized spacial score (nSPS) is 10.6. The fourth-order valence-electron chi connectivity index (χ4n) is 2.01. The Balaban J connectivity index is 2.37. The number of carboxylic acid groups (broad SMARTS) is 1. The second kappa shape index (κ2) is 6.63. The van der Waals surface area contributed by atoms with Gasteiger partial charge in [0.25, 0.3) is 0 Å². The monoisotopic (exact) mass is 308 g/mol. The Labute approximate surface area is 126 Å². The van der Waals surface area contributed by atoms with E-state index < -0.39 is 11.8 Å².